The van der Waals surface area contributed by atoms with E-state index in [1.54, 1.807) is 18.2 Å². The molecule has 0 bridgehead atoms. The Kier molecular flexibility index (Phi) is 5.61. The molecule has 0 amide bonds. The van der Waals surface area contributed by atoms with Crippen molar-refractivity contribution in [2.24, 2.45) is 0 Å². The van der Waals surface area contributed by atoms with E-state index in [1.807, 2.05) is 6.92 Å². The molecule has 7 nitrogen and oxygen atoms in total. The summed E-state index contributed by atoms with van der Waals surface area (Å²) in [5, 5.41) is 0. The number of hydrogen-bond acceptors (Lipinski definition) is 7. The van der Waals surface area contributed by atoms with E-state index in [1.165, 1.54) is 12.1 Å². The quantitative estimate of drug-likeness (QED) is 0.260. The van der Waals surface area contributed by atoms with Gasteiger partial charge in [-0.15, -0.1) is 0 Å². The number of carbonyl (C=O) groups excluding carboxylic acids is 4. The highest BCUT2D eigenvalue weighted by Crippen LogP contribution is 2.29. The Morgan fingerprint density at radius 3 is 2.37 bits per heavy atom. The van der Waals surface area contributed by atoms with Crippen molar-refractivity contribution in [1.82, 2.24) is 0 Å². The van der Waals surface area contributed by atoms with Gasteiger partial charge in [-0.3, -0.25) is 19.2 Å². The monoisotopic (exact) mass is 370 g/mol. The molecule has 0 saturated carbocycles. The van der Waals surface area contributed by atoms with Crippen LogP contribution in [0.3, 0.4) is 0 Å². The lowest BCUT2D eigenvalue weighted by molar-refractivity contribution is -0.144. The number of rotatable bonds is 8. The van der Waals surface area contributed by atoms with Crippen molar-refractivity contribution in [2.75, 3.05) is 19.8 Å². The molecule has 0 N–H and O–H groups in total. The molecule has 1 heterocycles. The molecule has 0 unspecified atom stereocenters. The number of fused-ring (bicyclic) bond motifs is 2. The van der Waals surface area contributed by atoms with Crippen molar-refractivity contribution in [3.05, 3.63) is 58.5 Å². The Hall–Kier alpha value is -3.06. The number of esters is 1. The van der Waals surface area contributed by atoms with Gasteiger partial charge in [-0.25, -0.2) is 0 Å². The fourth-order valence-corrected chi connectivity index (χ4v) is 2.74. The molecule has 2 aromatic rings. The minimum absolute atomic E-state index is 0.0309. The maximum absolute atomic E-state index is 12.5. The van der Waals surface area contributed by atoms with Crippen molar-refractivity contribution in [2.45, 2.75) is 19.8 Å². The summed E-state index contributed by atoms with van der Waals surface area (Å²) in [6.07, 6.45) is 0.312. The molecule has 140 valence electrons. The Morgan fingerprint density at radius 1 is 0.963 bits per heavy atom. The van der Waals surface area contributed by atoms with E-state index in [2.05, 4.69) is 0 Å². The van der Waals surface area contributed by atoms with Gasteiger partial charge in [0, 0.05) is 17.7 Å². The van der Waals surface area contributed by atoms with Crippen molar-refractivity contribution in [3.8, 4) is 0 Å². The summed E-state index contributed by atoms with van der Waals surface area (Å²) >= 11 is 0. The predicted molar refractivity (Wildman–Crippen MR) is 93.0 cm³/mol. The number of benzene rings is 1. The van der Waals surface area contributed by atoms with E-state index in [9.17, 15) is 19.2 Å². The molecule has 1 aromatic heterocycles. The average Bonchev–Trinajstić information content (AvgIpc) is 3.12. The minimum atomic E-state index is -0.726. The van der Waals surface area contributed by atoms with E-state index in [-0.39, 0.29) is 41.4 Å². The van der Waals surface area contributed by atoms with Gasteiger partial charge in [0.05, 0.1) is 12.2 Å². The lowest BCUT2D eigenvalue weighted by Crippen LogP contribution is -2.18. The SMILES string of the molecule is CCCOCCOC(=O)CC(=O)c1cc2c(o1)C(=O)c1ccccc1C2=O. The summed E-state index contributed by atoms with van der Waals surface area (Å²) in [7, 11) is 0. The highest BCUT2D eigenvalue weighted by atomic mass is 16.6. The van der Waals surface area contributed by atoms with E-state index in [0.717, 1.165) is 6.42 Å². The smallest absolute Gasteiger partial charge is 0.313 e. The van der Waals surface area contributed by atoms with Crippen LogP contribution in [0.15, 0.2) is 34.7 Å². The summed E-state index contributed by atoms with van der Waals surface area (Å²) in [5.41, 5.74) is 0.527. The molecule has 1 aliphatic carbocycles. The molecule has 0 fully saturated rings. The zero-order chi connectivity index (χ0) is 19.4. The number of Topliss-reactive ketones (excluding diaryl/α,β-unsaturated/α-hetero) is 1. The molecule has 0 atom stereocenters. The molecule has 0 aliphatic heterocycles. The molecule has 1 aromatic carbocycles. The largest absolute Gasteiger partial charge is 0.463 e. The normalized spacial score (nSPS) is 12.5. The number of hydrogen-bond donors (Lipinski definition) is 0. The summed E-state index contributed by atoms with van der Waals surface area (Å²) < 4.78 is 15.4. The van der Waals surface area contributed by atoms with Gasteiger partial charge in [-0.2, -0.15) is 0 Å². The van der Waals surface area contributed by atoms with Gasteiger partial charge in [-0.1, -0.05) is 31.2 Å². The summed E-state index contributed by atoms with van der Waals surface area (Å²) in [4.78, 5) is 49.0. The highest BCUT2D eigenvalue weighted by molar-refractivity contribution is 6.28. The van der Waals surface area contributed by atoms with Crippen molar-refractivity contribution in [3.63, 3.8) is 0 Å². The lowest BCUT2D eigenvalue weighted by atomic mass is 9.88. The Morgan fingerprint density at radius 2 is 1.67 bits per heavy atom. The third kappa shape index (κ3) is 3.88. The highest BCUT2D eigenvalue weighted by Gasteiger charge is 2.34. The Bertz CT molecular complexity index is 854. The third-order valence-electron chi connectivity index (χ3n) is 4.02. The van der Waals surface area contributed by atoms with Crippen LogP contribution in [0.2, 0.25) is 0 Å². The number of furan rings is 1. The standard InChI is InChI=1S/C20H18O7/c1-2-7-25-8-9-26-17(22)11-15(21)16-10-14-18(23)12-5-3-4-6-13(12)19(24)20(14)27-16/h3-6,10H,2,7-9,11H2,1H3. The van der Waals surface area contributed by atoms with Crippen molar-refractivity contribution in [1.29, 1.82) is 0 Å². The fraction of sp³-hybridized carbons (Fsp3) is 0.300. The second-order valence-corrected chi connectivity index (χ2v) is 5.99. The fourth-order valence-electron chi connectivity index (χ4n) is 2.74. The number of ether oxygens (including phenoxy) is 2. The lowest BCUT2D eigenvalue weighted by Gasteiger charge is -2.11. The van der Waals surface area contributed by atoms with Crippen LogP contribution in [-0.4, -0.2) is 43.1 Å². The van der Waals surface area contributed by atoms with Gasteiger partial charge >= 0.3 is 5.97 Å². The van der Waals surface area contributed by atoms with Gasteiger partial charge in [0.2, 0.25) is 11.6 Å². The van der Waals surface area contributed by atoms with Gasteiger partial charge in [-0.05, 0) is 12.5 Å². The van der Waals surface area contributed by atoms with Crippen LogP contribution in [0.4, 0.5) is 0 Å². The van der Waals surface area contributed by atoms with E-state index < -0.39 is 29.7 Å². The molecule has 0 spiro atoms. The van der Waals surface area contributed by atoms with Crippen LogP contribution in [-0.2, 0) is 14.3 Å². The van der Waals surface area contributed by atoms with Gasteiger partial charge in [0.15, 0.2) is 17.3 Å². The number of carbonyl (C=O) groups is 4. The first-order valence-corrected chi connectivity index (χ1v) is 8.61. The molecule has 0 saturated heterocycles. The average molecular weight is 370 g/mol. The van der Waals surface area contributed by atoms with E-state index >= 15 is 0 Å². The molecule has 0 radical (unpaired) electrons. The molecule has 1 aliphatic rings. The number of ketones is 3. The Labute approximate surface area is 155 Å². The summed E-state index contributed by atoms with van der Waals surface area (Å²) in [6.45, 7) is 2.83. The third-order valence-corrected chi connectivity index (χ3v) is 4.02. The maximum Gasteiger partial charge on any atom is 0.313 e. The van der Waals surface area contributed by atoms with Crippen LogP contribution < -0.4 is 0 Å². The Balaban J connectivity index is 1.67. The molecule has 7 heteroatoms. The minimum Gasteiger partial charge on any atom is -0.463 e. The van der Waals surface area contributed by atoms with Crippen molar-refractivity contribution < 1.29 is 33.1 Å². The second kappa shape index (κ2) is 8.09. The van der Waals surface area contributed by atoms with Crippen LogP contribution in [0.1, 0.15) is 62.4 Å². The molecular formula is C20H18O7. The molecule has 27 heavy (non-hydrogen) atoms. The van der Waals surface area contributed by atoms with Gasteiger partial charge in [0.25, 0.3) is 0 Å². The summed E-state index contributed by atoms with van der Waals surface area (Å²) in [6, 6.07) is 7.59. The zero-order valence-corrected chi connectivity index (χ0v) is 14.8. The van der Waals surface area contributed by atoms with Gasteiger partial charge in [0.1, 0.15) is 13.0 Å². The molecule has 3 rings (SSSR count). The second-order valence-electron chi connectivity index (χ2n) is 5.99. The first-order valence-electron chi connectivity index (χ1n) is 8.61. The van der Waals surface area contributed by atoms with Crippen LogP contribution in [0.25, 0.3) is 0 Å². The molecular weight excluding hydrogens is 352 g/mol. The van der Waals surface area contributed by atoms with Gasteiger partial charge < -0.3 is 13.9 Å². The maximum atomic E-state index is 12.5. The van der Waals surface area contributed by atoms with E-state index in [4.69, 9.17) is 13.9 Å². The topological polar surface area (TPSA) is 99.9 Å². The van der Waals surface area contributed by atoms with Crippen LogP contribution in [0, 0.1) is 0 Å². The van der Waals surface area contributed by atoms with Crippen molar-refractivity contribution >= 4 is 23.3 Å². The zero-order valence-electron chi connectivity index (χ0n) is 14.8. The van der Waals surface area contributed by atoms with E-state index in [0.29, 0.717) is 6.61 Å². The van der Waals surface area contributed by atoms with Crippen LogP contribution in [0.5, 0.6) is 0 Å². The predicted octanol–water partition coefficient (Wildman–Crippen LogP) is 2.60. The summed E-state index contributed by atoms with van der Waals surface area (Å²) in [5.74, 6) is -2.63. The first kappa shape index (κ1) is 18.7. The van der Waals surface area contributed by atoms with Crippen LogP contribution >= 0.6 is 0 Å². The first-order chi connectivity index (χ1) is 13.0.